The molecule has 1 aromatic heterocycles. The van der Waals surface area contributed by atoms with Gasteiger partial charge in [-0.15, -0.1) is 11.3 Å². The third-order valence-corrected chi connectivity index (χ3v) is 6.96. The molecule has 2 unspecified atom stereocenters. The highest BCUT2D eigenvalue weighted by molar-refractivity contribution is 7.12. The number of hydrogen-bond donors (Lipinski definition) is 1. The second-order valence-electron chi connectivity index (χ2n) is 7.98. The molecule has 0 bridgehead atoms. The Balaban J connectivity index is 1.63. The summed E-state index contributed by atoms with van der Waals surface area (Å²) >= 11 is 1.87. The summed E-state index contributed by atoms with van der Waals surface area (Å²) in [4.78, 5) is 2.73. The number of thiophene rings is 1. The lowest BCUT2D eigenvalue weighted by Gasteiger charge is -2.39. The van der Waals surface area contributed by atoms with E-state index in [0.29, 0.717) is 19.4 Å². The first-order valence-corrected chi connectivity index (χ1v) is 11.1. The Hall–Kier alpha value is -1.24. The van der Waals surface area contributed by atoms with E-state index in [2.05, 4.69) is 31.2 Å². The summed E-state index contributed by atoms with van der Waals surface area (Å²) in [6, 6.07) is 9.01. The van der Waals surface area contributed by atoms with Crippen LogP contribution in [0, 0.1) is 0 Å². The number of aliphatic hydroxyl groups excluding tert-OH is 1. The minimum Gasteiger partial charge on any atom is -0.393 e. The van der Waals surface area contributed by atoms with Crippen molar-refractivity contribution in [2.75, 3.05) is 13.7 Å². The zero-order valence-electron chi connectivity index (χ0n) is 17.0. The van der Waals surface area contributed by atoms with E-state index in [1.165, 1.54) is 26.4 Å². The van der Waals surface area contributed by atoms with Gasteiger partial charge in [-0.2, -0.15) is 0 Å². The van der Waals surface area contributed by atoms with Crippen molar-refractivity contribution in [2.45, 2.75) is 70.6 Å². The fraction of sp³-hybridized carbons (Fsp3) is 0.565. The lowest BCUT2D eigenvalue weighted by molar-refractivity contribution is -0.295. The number of rotatable bonds is 6. The Morgan fingerprint density at radius 2 is 2.07 bits per heavy atom. The molecule has 2 aliphatic heterocycles. The largest absolute Gasteiger partial charge is 0.393 e. The molecular formula is C23H30O4S. The van der Waals surface area contributed by atoms with Gasteiger partial charge in [-0.05, 0) is 54.7 Å². The normalized spacial score (nSPS) is 26.7. The van der Waals surface area contributed by atoms with E-state index in [-0.39, 0.29) is 12.2 Å². The van der Waals surface area contributed by atoms with E-state index in [4.69, 9.17) is 14.2 Å². The standard InChI is InChI=1S/C23H30O4S/c1-4-16-10-18-14-26-23(13-19(24)9-15(2)27-23)22(18)12-17(16)11-21-6-5-20(28-21)7-8-25-3/h5-6,10,12,15,19,24H,4,7-9,11,13-14H2,1-3H3/t15?,19?,23-/m1/s1. The molecule has 5 heteroatoms. The summed E-state index contributed by atoms with van der Waals surface area (Å²) < 4.78 is 17.6. The molecule has 1 fully saturated rings. The van der Waals surface area contributed by atoms with Crippen LogP contribution in [0.1, 0.15) is 58.7 Å². The third-order valence-electron chi connectivity index (χ3n) is 5.81. The molecule has 28 heavy (non-hydrogen) atoms. The smallest absolute Gasteiger partial charge is 0.198 e. The van der Waals surface area contributed by atoms with Gasteiger partial charge in [0.05, 0.1) is 25.4 Å². The molecule has 2 aromatic rings. The van der Waals surface area contributed by atoms with Gasteiger partial charge in [-0.1, -0.05) is 13.0 Å². The van der Waals surface area contributed by atoms with E-state index in [9.17, 15) is 5.11 Å². The molecule has 0 aliphatic carbocycles. The number of aliphatic hydroxyl groups is 1. The van der Waals surface area contributed by atoms with Crippen LogP contribution in [-0.4, -0.2) is 31.0 Å². The quantitative estimate of drug-likeness (QED) is 0.781. The molecule has 0 saturated carbocycles. The van der Waals surface area contributed by atoms with Crippen LogP contribution in [0.2, 0.25) is 0 Å². The maximum Gasteiger partial charge on any atom is 0.198 e. The lowest BCUT2D eigenvalue weighted by Crippen LogP contribution is -2.43. The van der Waals surface area contributed by atoms with Crippen LogP contribution in [-0.2, 0) is 45.9 Å². The predicted octanol–water partition coefficient (Wildman–Crippen LogP) is 4.33. The number of methoxy groups -OCH3 is 1. The second-order valence-corrected chi connectivity index (χ2v) is 9.24. The minimum absolute atomic E-state index is 0.00959. The van der Waals surface area contributed by atoms with Crippen LogP contribution in [0.4, 0.5) is 0 Å². The van der Waals surface area contributed by atoms with E-state index < -0.39 is 5.79 Å². The van der Waals surface area contributed by atoms with Crippen LogP contribution in [0.15, 0.2) is 24.3 Å². The van der Waals surface area contributed by atoms with Gasteiger partial charge < -0.3 is 19.3 Å². The SMILES string of the molecule is CCc1cc2c(cc1Cc1ccc(CCOC)s1)[C@]1(CC(O)CC(C)O1)OC2. The van der Waals surface area contributed by atoms with Crippen molar-refractivity contribution in [1.29, 1.82) is 0 Å². The van der Waals surface area contributed by atoms with Gasteiger partial charge in [0.2, 0.25) is 0 Å². The molecule has 1 aromatic carbocycles. The predicted molar refractivity (Wildman–Crippen MR) is 111 cm³/mol. The van der Waals surface area contributed by atoms with Crippen molar-refractivity contribution in [2.24, 2.45) is 0 Å². The molecule has 4 rings (SSSR count). The number of aryl methyl sites for hydroxylation is 1. The van der Waals surface area contributed by atoms with E-state index in [1.807, 2.05) is 18.3 Å². The molecule has 152 valence electrons. The molecule has 3 heterocycles. The van der Waals surface area contributed by atoms with Gasteiger partial charge in [0.1, 0.15) is 0 Å². The van der Waals surface area contributed by atoms with E-state index in [1.54, 1.807) is 7.11 Å². The van der Waals surface area contributed by atoms with Crippen LogP contribution >= 0.6 is 11.3 Å². The molecular weight excluding hydrogens is 372 g/mol. The molecule has 3 atom stereocenters. The average molecular weight is 403 g/mol. The van der Waals surface area contributed by atoms with Gasteiger partial charge in [-0.3, -0.25) is 0 Å². The van der Waals surface area contributed by atoms with Crippen molar-refractivity contribution in [3.8, 4) is 0 Å². The first kappa shape index (κ1) is 20.0. The maximum atomic E-state index is 10.3. The van der Waals surface area contributed by atoms with Crippen molar-refractivity contribution in [3.63, 3.8) is 0 Å². The Bertz CT molecular complexity index is 818. The second kappa shape index (κ2) is 8.25. The summed E-state index contributed by atoms with van der Waals surface area (Å²) in [5, 5.41) is 10.3. The van der Waals surface area contributed by atoms with Gasteiger partial charge in [0, 0.05) is 41.7 Å². The summed E-state index contributed by atoms with van der Waals surface area (Å²) in [6.07, 6.45) is 3.66. The highest BCUT2D eigenvalue weighted by atomic mass is 32.1. The molecule has 1 spiro atoms. The van der Waals surface area contributed by atoms with Crippen molar-refractivity contribution >= 4 is 11.3 Å². The van der Waals surface area contributed by atoms with E-state index in [0.717, 1.165) is 31.4 Å². The maximum absolute atomic E-state index is 10.3. The molecule has 2 aliphatic rings. The Morgan fingerprint density at radius 1 is 1.25 bits per heavy atom. The Labute approximate surface area is 171 Å². The Kier molecular flexibility index (Phi) is 5.91. The fourth-order valence-electron chi connectivity index (χ4n) is 4.49. The summed E-state index contributed by atoms with van der Waals surface area (Å²) in [5.74, 6) is -0.785. The monoisotopic (exact) mass is 402 g/mol. The van der Waals surface area contributed by atoms with Crippen LogP contribution < -0.4 is 0 Å². The molecule has 0 amide bonds. The molecule has 0 radical (unpaired) electrons. The van der Waals surface area contributed by atoms with Crippen molar-refractivity contribution < 1.29 is 19.3 Å². The number of ether oxygens (including phenoxy) is 3. The number of fused-ring (bicyclic) bond motifs is 2. The summed E-state index contributed by atoms with van der Waals surface area (Å²) in [7, 11) is 1.75. The van der Waals surface area contributed by atoms with Gasteiger partial charge >= 0.3 is 0 Å². The molecule has 4 nitrogen and oxygen atoms in total. The summed E-state index contributed by atoms with van der Waals surface area (Å²) in [5.41, 5.74) is 5.02. The van der Waals surface area contributed by atoms with Gasteiger partial charge in [0.25, 0.3) is 0 Å². The van der Waals surface area contributed by atoms with E-state index >= 15 is 0 Å². The van der Waals surface area contributed by atoms with Gasteiger partial charge in [0.15, 0.2) is 5.79 Å². The van der Waals surface area contributed by atoms with Crippen molar-refractivity contribution in [3.05, 3.63) is 56.3 Å². The van der Waals surface area contributed by atoms with Crippen molar-refractivity contribution in [1.82, 2.24) is 0 Å². The summed E-state index contributed by atoms with van der Waals surface area (Å²) in [6.45, 7) is 5.54. The zero-order valence-corrected chi connectivity index (χ0v) is 17.8. The average Bonchev–Trinajstić information content (AvgIpc) is 3.24. The number of hydrogen-bond acceptors (Lipinski definition) is 5. The number of benzene rings is 1. The van der Waals surface area contributed by atoms with Crippen LogP contribution in [0.5, 0.6) is 0 Å². The fourth-order valence-corrected chi connectivity index (χ4v) is 5.51. The van der Waals surface area contributed by atoms with Gasteiger partial charge in [-0.25, -0.2) is 0 Å². The minimum atomic E-state index is -0.785. The zero-order chi connectivity index (χ0) is 19.7. The van der Waals surface area contributed by atoms with Crippen LogP contribution in [0.3, 0.4) is 0 Å². The topological polar surface area (TPSA) is 47.9 Å². The highest BCUT2D eigenvalue weighted by Gasteiger charge is 2.47. The Morgan fingerprint density at radius 3 is 2.82 bits per heavy atom. The highest BCUT2D eigenvalue weighted by Crippen LogP contribution is 2.46. The van der Waals surface area contributed by atoms with Crippen LogP contribution in [0.25, 0.3) is 0 Å². The third kappa shape index (κ3) is 3.91. The first-order valence-electron chi connectivity index (χ1n) is 10.2. The molecule has 1 N–H and O–H groups in total. The molecule has 1 saturated heterocycles. The first-order chi connectivity index (χ1) is 13.5. The lowest BCUT2D eigenvalue weighted by atomic mass is 9.88.